The first kappa shape index (κ1) is 15.8. The van der Waals surface area contributed by atoms with E-state index < -0.39 is 5.97 Å². The van der Waals surface area contributed by atoms with Crippen LogP contribution >= 0.6 is 0 Å². The Morgan fingerprint density at radius 3 is 2.47 bits per heavy atom. The van der Waals surface area contributed by atoms with Crippen LogP contribution in [0.5, 0.6) is 0 Å². The highest BCUT2D eigenvalue weighted by atomic mass is 16.5. The first-order valence-electron chi connectivity index (χ1n) is 6.54. The van der Waals surface area contributed by atoms with E-state index in [0.717, 1.165) is 6.42 Å². The van der Waals surface area contributed by atoms with Gasteiger partial charge in [-0.1, -0.05) is 13.8 Å². The molecule has 0 heterocycles. The smallest absolute Gasteiger partial charge is 0.315 e. The van der Waals surface area contributed by atoms with Crippen molar-refractivity contribution in [3.63, 3.8) is 0 Å². The SMILES string of the molecule is COC1(C)CC(NC(=O)NCCCC(=O)O)C1(C)C. The minimum absolute atomic E-state index is 0.0664. The Labute approximate surface area is 113 Å². The molecule has 1 aliphatic carbocycles. The average Bonchev–Trinajstić information content (AvgIpc) is 2.33. The van der Waals surface area contributed by atoms with Gasteiger partial charge in [-0.15, -0.1) is 0 Å². The highest BCUT2D eigenvalue weighted by Crippen LogP contribution is 2.51. The zero-order valence-electron chi connectivity index (χ0n) is 12.1. The molecule has 0 spiro atoms. The fourth-order valence-electron chi connectivity index (χ4n) is 2.37. The molecule has 6 heteroatoms. The van der Waals surface area contributed by atoms with Gasteiger partial charge in [-0.05, 0) is 19.8 Å². The maximum Gasteiger partial charge on any atom is 0.315 e. The van der Waals surface area contributed by atoms with E-state index >= 15 is 0 Å². The van der Waals surface area contributed by atoms with E-state index in [1.165, 1.54) is 0 Å². The second kappa shape index (κ2) is 5.77. The van der Waals surface area contributed by atoms with E-state index in [1.807, 2.05) is 6.92 Å². The highest BCUT2D eigenvalue weighted by Gasteiger charge is 2.58. The Hall–Kier alpha value is -1.30. The molecule has 0 aliphatic heterocycles. The molecule has 1 rings (SSSR count). The summed E-state index contributed by atoms with van der Waals surface area (Å²) in [6.45, 7) is 6.54. The molecule has 1 aliphatic rings. The molecule has 0 saturated heterocycles. The topological polar surface area (TPSA) is 87.7 Å². The van der Waals surface area contributed by atoms with Gasteiger partial charge in [-0.25, -0.2) is 4.79 Å². The third-order valence-electron chi connectivity index (χ3n) is 4.44. The predicted molar refractivity (Wildman–Crippen MR) is 71.0 cm³/mol. The average molecular weight is 272 g/mol. The number of rotatable bonds is 6. The maximum absolute atomic E-state index is 11.7. The molecule has 0 aromatic rings. The Kier molecular flexibility index (Phi) is 4.79. The van der Waals surface area contributed by atoms with Crippen molar-refractivity contribution in [2.24, 2.45) is 5.41 Å². The van der Waals surface area contributed by atoms with Gasteiger partial charge >= 0.3 is 12.0 Å². The minimum Gasteiger partial charge on any atom is -0.481 e. The molecule has 2 atom stereocenters. The van der Waals surface area contributed by atoms with E-state index in [4.69, 9.17) is 9.84 Å². The molecule has 0 radical (unpaired) electrons. The molecular weight excluding hydrogens is 248 g/mol. The van der Waals surface area contributed by atoms with E-state index in [2.05, 4.69) is 24.5 Å². The van der Waals surface area contributed by atoms with Crippen molar-refractivity contribution < 1.29 is 19.4 Å². The number of carbonyl (C=O) groups excluding carboxylic acids is 1. The molecule has 3 N–H and O–H groups in total. The number of urea groups is 1. The number of nitrogens with one attached hydrogen (secondary N) is 2. The number of amides is 2. The van der Waals surface area contributed by atoms with Gasteiger partial charge in [-0.3, -0.25) is 4.79 Å². The molecule has 2 unspecified atom stereocenters. The fraction of sp³-hybridized carbons (Fsp3) is 0.846. The molecule has 0 aromatic heterocycles. The van der Waals surface area contributed by atoms with E-state index in [1.54, 1.807) is 7.11 Å². The van der Waals surface area contributed by atoms with Crippen molar-refractivity contribution in [1.29, 1.82) is 0 Å². The summed E-state index contributed by atoms with van der Waals surface area (Å²) < 4.78 is 5.49. The predicted octanol–water partition coefficient (Wildman–Crippen LogP) is 1.35. The second-order valence-corrected chi connectivity index (χ2v) is 5.81. The van der Waals surface area contributed by atoms with Crippen LogP contribution in [0.2, 0.25) is 0 Å². The van der Waals surface area contributed by atoms with Crippen molar-refractivity contribution in [2.75, 3.05) is 13.7 Å². The van der Waals surface area contributed by atoms with E-state index in [-0.39, 0.29) is 29.5 Å². The number of carboxylic acid groups (broad SMARTS) is 1. The summed E-state index contributed by atoms with van der Waals surface area (Å²) >= 11 is 0. The standard InChI is InChI=1S/C13H24N2O4/c1-12(2)9(8-13(12,3)19-4)15-11(18)14-7-5-6-10(16)17/h9H,5-8H2,1-4H3,(H,16,17)(H2,14,15,18). The summed E-state index contributed by atoms with van der Waals surface area (Å²) in [5, 5.41) is 14.1. The van der Waals surface area contributed by atoms with Crippen molar-refractivity contribution in [3.05, 3.63) is 0 Å². The fourth-order valence-corrected chi connectivity index (χ4v) is 2.37. The van der Waals surface area contributed by atoms with Crippen LogP contribution in [-0.2, 0) is 9.53 Å². The van der Waals surface area contributed by atoms with Gasteiger partial charge in [0, 0.05) is 31.5 Å². The molecule has 0 aromatic carbocycles. The third kappa shape index (κ3) is 3.37. The number of carbonyl (C=O) groups is 2. The summed E-state index contributed by atoms with van der Waals surface area (Å²) in [4.78, 5) is 22.0. The van der Waals surface area contributed by atoms with Crippen LogP contribution in [-0.4, -0.2) is 42.4 Å². The maximum atomic E-state index is 11.7. The lowest BCUT2D eigenvalue weighted by molar-refractivity contribution is -0.177. The Bertz CT molecular complexity index is 357. The molecule has 0 bridgehead atoms. The quantitative estimate of drug-likeness (QED) is 0.637. The summed E-state index contributed by atoms with van der Waals surface area (Å²) in [7, 11) is 1.68. The van der Waals surface area contributed by atoms with Crippen LogP contribution < -0.4 is 10.6 Å². The molecule has 19 heavy (non-hydrogen) atoms. The molecule has 2 amide bonds. The van der Waals surface area contributed by atoms with Crippen molar-refractivity contribution in [2.45, 2.75) is 51.7 Å². The van der Waals surface area contributed by atoms with Gasteiger partial charge in [0.15, 0.2) is 0 Å². The third-order valence-corrected chi connectivity index (χ3v) is 4.44. The van der Waals surface area contributed by atoms with Crippen molar-refractivity contribution >= 4 is 12.0 Å². The number of hydrogen-bond donors (Lipinski definition) is 3. The zero-order chi connectivity index (χ0) is 14.7. The summed E-state index contributed by atoms with van der Waals surface area (Å²) in [5.41, 5.74) is -0.339. The van der Waals surface area contributed by atoms with Crippen LogP contribution in [0.25, 0.3) is 0 Å². The van der Waals surface area contributed by atoms with Gasteiger partial charge in [0.05, 0.1) is 5.60 Å². The lowest BCUT2D eigenvalue weighted by Gasteiger charge is -2.59. The second-order valence-electron chi connectivity index (χ2n) is 5.81. The van der Waals surface area contributed by atoms with Gasteiger partial charge < -0.3 is 20.5 Å². The normalized spacial score (nSPS) is 28.3. The lowest BCUT2D eigenvalue weighted by Crippen LogP contribution is -2.69. The number of aliphatic carboxylic acids is 1. The first-order chi connectivity index (χ1) is 8.73. The number of methoxy groups -OCH3 is 1. The van der Waals surface area contributed by atoms with Crippen molar-refractivity contribution in [3.8, 4) is 0 Å². The Morgan fingerprint density at radius 1 is 1.37 bits per heavy atom. The Balaban J connectivity index is 2.29. The van der Waals surface area contributed by atoms with E-state index in [9.17, 15) is 9.59 Å². The van der Waals surface area contributed by atoms with Crippen LogP contribution in [0.1, 0.15) is 40.0 Å². The van der Waals surface area contributed by atoms with Gasteiger partial charge in [0.1, 0.15) is 0 Å². The monoisotopic (exact) mass is 272 g/mol. The van der Waals surface area contributed by atoms with Gasteiger partial charge in [0.2, 0.25) is 0 Å². The summed E-state index contributed by atoms with van der Waals surface area (Å²) in [5.74, 6) is -0.849. The largest absolute Gasteiger partial charge is 0.481 e. The number of ether oxygens (including phenoxy) is 1. The van der Waals surface area contributed by atoms with Crippen LogP contribution in [0, 0.1) is 5.41 Å². The number of carboxylic acids is 1. The molecule has 6 nitrogen and oxygen atoms in total. The van der Waals surface area contributed by atoms with Gasteiger partial charge in [0.25, 0.3) is 0 Å². The van der Waals surface area contributed by atoms with E-state index in [0.29, 0.717) is 13.0 Å². The summed E-state index contributed by atoms with van der Waals surface area (Å²) in [6.07, 6.45) is 1.28. The van der Waals surface area contributed by atoms with Crippen LogP contribution in [0.15, 0.2) is 0 Å². The minimum atomic E-state index is -0.849. The molecule has 1 fully saturated rings. The van der Waals surface area contributed by atoms with Gasteiger partial charge in [-0.2, -0.15) is 0 Å². The zero-order valence-corrected chi connectivity index (χ0v) is 12.1. The van der Waals surface area contributed by atoms with Crippen LogP contribution in [0.4, 0.5) is 4.79 Å². The highest BCUT2D eigenvalue weighted by molar-refractivity contribution is 5.74. The number of hydrogen-bond acceptors (Lipinski definition) is 3. The van der Waals surface area contributed by atoms with Crippen molar-refractivity contribution in [1.82, 2.24) is 10.6 Å². The molecule has 110 valence electrons. The molecular formula is C13H24N2O4. The lowest BCUT2D eigenvalue weighted by atomic mass is 9.56. The molecule has 1 saturated carbocycles. The Morgan fingerprint density at radius 2 is 2.00 bits per heavy atom. The van der Waals surface area contributed by atoms with Crippen LogP contribution in [0.3, 0.4) is 0 Å². The first-order valence-corrected chi connectivity index (χ1v) is 6.54. The summed E-state index contributed by atoms with van der Waals surface area (Å²) in [6, 6.07) is -0.182.